The number of fused-ring (bicyclic) bond motifs is 1. The van der Waals surface area contributed by atoms with E-state index in [2.05, 4.69) is 9.97 Å². The average Bonchev–Trinajstić information content (AvgIpc) is 2.79. The van der Waals surface area contributed by atoms with Crippen molar-refractivity contribution in [3.8, 4) is 0 Å². The number of hydrogen-bond acceptors (Lipinski definition) is 4. The summed E-state index contributed by atoms with van der Waals surface area (Å²) in [5.74, 6) is -0.968. The van der Waals surface area contributed by atoms with E-state index in [1.165, 1.54) is 0 Å². The molecular weight excluding hydrogens is 280 g/mol. The van der Waals surface area contributed by atoms with Gasteiger partial charge in [0.2, 0.25) is 0 Å². The van der Waals surface area contributed by atoms with Crippen molar-refractivity contribution in [2.45, 2.75) is 25.0 Å². The Morgan fingerprint density at radius 2 is 2.10 bits per heavy atom. The van der Waals surface area contributed by atoms with Gasteiger partial charge >= 0.3 is 5.97 Å². The van der Waals surface area contributed by atoms with Crippen LogP contribution in [-0.4, -0.2) is 40.5 Å². The monoisotopic (exact) mass is 296 g/mol. The summed E-state index contributed by atoms with van der Waals surface area (Å²) in [6, 6.07) is 7.39. The van der Waals surface area contributed by atoms with Crippen LogP contribution in [0.2, 0.25) is 0 Å². The highest BCUT2D eigenvalue weighted by molar-refractivity contribution is 7.92. The molecule has 1 atom stereocenters. The minimum absolute atomic E-state index is 0.0673. The predicted octanol–water partition coefficient (Wildman–Crippen LogP) is 1.38. The quantitative estimate of drug-likeness (QED) is 0.839. The number of rotatable bonds is 6. The van der Waals surface area contributed by atoms with E-state index < -0.39 is 21.1 Å². The molecule has 1 aromatic carbocycles. The lowest BCUT2D eigenvalue weighted by Crippen LogP contribution is -2.32. The van der Waals surface area contributed by atoms with Gasteiger partial charge in [-0.1, -0.05) is 19.1 Å². The van der Waals surface area contributed by atoms with Crippen LogP contribution in [0.5, 0.6) is 0 Å². The third-order valence-corrected chi connectivity index (χ3v) is 5.32. The Bertz CT molecular complexity index is 688. The fourth-order valence-electron chi connectivity index (χ4n) is 2.09. The third-order valence-electron chi connectivity index (χ3n) is 3.14. The number of carbonyl (C=O) groups is 1. The topological polar surface area (TPSA) is 100 Å². The third kappa shape index (κ3) is 2.98. The summed E-state index contributed by atoms with van der Waals surface area (Å²) < 4.78 is 23.9. The number of aromatic amines is 1. The maximum absolute atomic E-state index is 12.0. The number of sulfone groups is 1. The van der Waals surface area contributed by atoms with Crippen molar-refractivity contribution in [1.29, 1.82) is 0 Å². The van der Waals surface area contributed by atoms with Gasteiger partial charge in [0.05, 0.1) is 16.8 Å². The number of nitrogens with one attached hydrogen (secondary N) is 1. The van der Waals surface area contributed by atoms with E-state index in [1.54, 1.807) is 6.92 Å². The highest BCUT2D eigenvalue weighted by atomic mass is 32.2. The van der Waals surface area contributed by atoms with E-state index in [1.807, 2.05) is 24.3 Å². The number of nitrogens with zero attached hydrogens (tertiary/aromatic N) is 1. The first kappa shape index (κ1) is 14.5. The lowest BCUT2D eigenvalue weighted by molar-refractivity contribution is -0.136. The van der Waals surface area contributed by atoms with Gasteiger partial charge in [-0.05, 0) is 18.6 Å². The Labute approximate surface area is 116 Å². The van der Waals surface area contributed by atoms with Gasteiger partial charge in [-0.15, -0.1) is 0 Å². The Balaban J connectivity index is 2.13. The van der Waals surface area contributed by atoms with E-state index in [-0.39, 0.29) is 18.6 Å². The Morgan fingerprint density at radius 1 is 1.40 bits per heavy atom. The van der Waals surface area contributed by atoms with Gasteiger partial charge < -0.3 is 10.1 Å². The number of benzene rings is 1. The van der Waals surface area contributed by atoms with E-state index in [4.69, 9.17) is 5.11 Å². The van der Waals surface area contributed by atoms with Crippen LogP contribution in [0.15, 0.2) is 24.3 Å². The molecule has 1 unspecified atom stereocenters. The Hall–Kier alpha value is -1.89. The summed E-state index contributed by atoms with van der Waals surface area (Å²) in [5.41, 5.74) is 1.61. The average molecular weight is 296 g/mol. The van der Waals surface area contributed by atoms with Crippen LogP contribution in [0.3, 0.4) is 0 Å². The molecule has 6 nitrogen and oxygen atoms in total. The molecule has 0 saturated carbocycles. The van der Waals surface area contributed by atoms with Crippen LogP contribution >= 0.6 is 0 Å². The molecule has 0 fully saturated rings. The summed E-state index contributed by atoms with van der Waals surface area (Å²) >= 11 is 0. The molecular formula is C13H16N2O4S. The lowest BCUT2D eigenvalue weighted by atomic mass is 10.3. The molecule has 0 amide bonds. The van der Waals surface area contributed by atoms with Crippen molar-refractivity contribution in [2.75, 3.05) is 5.75 Å². The second kappa shape index (κ2) is 5.62. The number of H-pyrrole nitrogens is 1. The van der Waals surface area contributed by atoms with Gasteiger partial charge in [0, 0.05) is 6.42 Å². The zero-order valence-electron chi connectivity index (χ0n) is 11.0. The molecule has 0 aliphatic carbocycles. The van der Waals surface area contributed by atoms with Crippen LogP contribution in [-0.2, 0) is 21.1 Å². The first-order valence-electron chi connectivity index (χ1n) is 6.32. The van der Waals surface area contributed by atoms with Crippen molar-refractivity contribution in [3.05, 3.63) is 30.1 Å². The SMILES string of the molecule is CCC(C(=O)O)S(=O)(=O)CCc1nc2ccccc2[nH]1. The Kier molecular flexibility index (Phi) is 4.08. The van der Waals surface area contributed by atoms with Crippen LogP contribution in [0.1, 0.15) is 19.2 Å². The molecule has 2 rings (SSSR count). The molecule has 108 valence electrons. The number of carboxylic acids is 1. The van der Waals surface area contributed by atoms with E-state index in [0.29, 0.717) is 5.82 Å². The summed E-state index contributed by atoms with van der Waals surface area (Å²) in [5, 5.41) is 7.58. The fraction of sp³-hybridized carbons (Fsp3) is 0.385. The Morgan fingerprint density at radius 3 is 2.70 bits per heavy atom. The van der Waals surface area contributed by atoms with E-state index in [0.717, 1.165) is 11.0 Å². The standard InChI is InChI=1S/C13H16N2O4S/c1-2-11(13(16)17)20(18,19)8-7-12-14-9-5-3-4-6-10(9)15-12/h3-6,11H,2,7-8H2,1H3,(H,14,15)(H,16,17). The van der Waals surface area contributed by atoms with Crippen molar-refractivity contribution in [3.63, 3.8) is 0 Å². The summed E-state index contributed by atoms with van der Waals surface area (Å²) in [6.45, 7) is 1.55. The number of imidazole rings is 1. The highest BCUT2D eigenvalue weighted by Gasteiger charge is 2.30. The molecule has 1 heterocycles. The van der Waals surface area contributed by atoms with Gasteiger partial charge in [-0.25, -0.2) is 13.4 Å². The van der Waals surface area contributed by atoms with Crippen LogP contribution in [0.25, 0.3) is 11.0 Å². The number of aryl methyl sites for hydroxylation is 1. The molecule has 20 heavy (non-hydrogen) atoms. The van der Waals surface area contributed by atoms with Crippen molar-refractivity contribution < 1.29 is 18.3 Å². The van der Waals surface area contributed by atoms with Crippen molar-refractivity contribution >= 4 is 26.8 Å². The fourth-order valence-corrected chi connectivity index (χ4v) is 3.66. The predicted molar refractivity (Wildman–Crippen MR) is 75.3 cm³/mol. The second-order valence-corrected chi connectivity index (χ2v) is 6.86. The molecule has 0 bridgehead atoms. The molecule has 0 radical (unpaired) electrons. The van der Waals surface area contributed by atoms with Gasteiger partial charge in [0.15, 0.2) is 15.1 Å². The van der Waals surface area contributed by atoms with Crippen LogP contribution in [0, 0.1) is 0 Å². The first-order chi connectivity index (χ1) is 9.44. The molecule has 0 aliphatic rings. The minimum atomic E-state index is -3.67. The minimum Gasteiger partial charge on any atom is -0.480 e. The summed E-state index contributed by atoms with van der Waals surface area (Å²) in [6.07, 6.45) is 0.249. The first-order valence-corrected chi connectivity index (χ1v) is 8.03. The molecule has 2 N–H and O–H groups in total. The lowest BCUT2D eigenvalue weighted by Gasteiger charge is -2.10. The van der Waals surface area contributed by atoms with Crippen molar-refractivity contribution in [2.24, 2.45) is 0 Å². The summed E-state index contributed by atoms with van der Waals surface area (Å²) in [4.78, 5) is 18.2. The molecule has 0 saturated heterocycles. The normalized spacial score (nSPS) is 13.4. The number of aromatic nitrogens is 2. The van der Waals surface area contributed by atoms with Gasteiger partial charge in [0.25, 0.3) is 0 Å². The van der Waals surface area contributed by atoms with E-state index >= 15 is 0 Å². The number of para-hydroxylation sites is 2. The maximum Gasteiger partial charge on any atom is 0.321 e. The molecule has 0 spiro atoms. The zero-order chi connectivity index (χ0) is 14.8. The number of aliphatic carboxylic acids is 1. The second-order valence-electron chi connectivity index (χ2n) is 4.55. The molecule has 0 aliphatic heterocycles. The maximum atomic E-state index is 12.0. The largest absolute Gasteiger partial charge is 0.480 e. The molecule has 2 aromatic rings. The molecule has 7 heteroatoms. The number of carboxylic acid groups (broad SMARTS) is 1. The van der Waals surface area contributed by atoms with Crippen molar-refractivity contribution in [1.82, 2.24) is 9.97 Å². The zero-order valence-corrected chi connectivity index (χ0v) is 11.9. The number of hydrogen-bond donors (Lipinski definition) is 2. The highest BCUT2D eigenvalue weighted by Crippen LogP contribution is 2.13. The molecule has 1 aromatic heterocycles. The van der Waals surface area contributed by atoms with Gasteiger partial charge in [-0.2, -0.15) is 0 Å². The van der Waals surface area contributed by atoms with Crippen LogP contribution in [0.4, 0.5) is 0 Å². The van der Waals surface area contributed by atoms with Crippen LogP contribution < -0.4 is 0 Å². The van der Waals surface area contributed by atoms with E-state index in [9.17, 15) is 13.2 Å². The van der Waals surface area contributed by atoms with Gasteiger partial charge in [0.1, 0.15) is 5.82 Å². The van der Waals surface area contributed by atoms with Gasteiger partial charge in [-0.3, -0.25) is 4.79 Å². The summed E-state index contributed by atoms with van der Waals surface area (Å²) in [7, 11) is -3.67. The smallest absolute Gasteiger partial charge is 0.321 e.